The molecule has 8 nitrogen and oxygen atoms in total. The fourth-order valence-corrected chi connectivity index (χ4v) is 4.84. The predicted molar refractivity (Wildman–Crippen MR) is 148 cm³/mol. The van der Waals surface area contributed by atoms with Crippen LogP contribution in [0.25, 0.3) is 10.9 Å². The van der Waals surface area contributed by atoms with Gasteiger partial charge in [0.25, 0.3) is 0 Å². The van der Waals surface area contributed by atoms with Gasteiger partial charge in [-0.05, 0) is 68.8 Å². The second kappa shape index (κ2) is 13.5. The Morgan fingerprint density at radius 2 is 2.05 bits per heavy atom. The van der Waals surface area contributed by atoms with Crippen molar-refractivity contribution in [2.75, 3.05) is 57.1 Å². The third-order valence-corrected chi connectivity index (χ3v) is 7.14. The smallest absolute Gasteiger partial charge is 0.147 e. The molecule has 3 aromatic rings. The largest absolute Gasteiger partial charge is 0.393 e. The van der Waals surface area contributed by atoms with E-state index in [-0.39, 0.29) is 6.61 Å². The molecule has 1 atom stereocenters. The first-order valence-electron chi connectivity index (χ1n) is 13.3. The summed E-state index contributed by atoms with van der Waals surface area (Å²) in [6.45, 7) is 3.66. The number of aryl methyl sites for hydroxylation is 2. The van der Waals surface area contributed by atoms with Gasteiger partial charge in [0, 0.05) is 49.7 Å². The van der Waals surface area contributed by atoms with Gasteiger partial charge in [-0.3, -0.25) is 4.98 Å². The fraction of sp³-hybridized carbons (Fsp3) is 0.483. The van der Waals surface area contributed by atoms with Gasteiger partial charge in [0.1, 0.15) is 17.6 Å². The lowest BCUT2D eigenvalue weighted by molar-refractivity contribution is -0.113. The Morgan fingerprint density at radius 1 is 1.16 bits per heavy atom. The normalized spacial score (nSPS) is 14.7. The highest BCUT2D eigenvalue weighted by molar-refractivity contribution is 5.92. The van der Waals surface area contributed by atoms with E-state index in [1.807, 2.05) is 30.3 Å². The van der Waals surface area contributed by atoms with Crippen LogP contribution in [-0.2, 0) is 22.4 Å². The van der Waals surface area contributed by atoms with Crippen LogP contribution in [0.1, 0.15) is 36.9 Å². The predicted octanol–water partition coefficient (Wildman–Crippen LogP) is 3.69. The highest BCUT2D eigenvalue weighted by atomic mass is 16.5. The molecule has 1 aliphatic rings. The van der Waals surface area contributed by atoms with Crippen LogP contribution in [0.2, 0.25) is 0 Å². The average Bonchev–Trinajstić information content (AvgIpc) is 2.95. The van der Waals surface area contributed by atoms with E-state index in [0.717, 1.165) is 79.7 Å². The van der Waals surface area contributed by atoms with Gasteiger partial charge < -0.3 is 30.2 Å². The number of benzene rings is 1. The van der Waals surface area contributed by atoms with E-state index >= 15 is 0 Å². The second-order valence-corrected chi connectivity index (χ2v) is 9.81. The van der Waals surface area contributed by atoms with Crippen LogP contribution in [0, 0.1) is 0 Å². The monoisotopic (exact) mass is 505 g/mol. The minimum absolute atomic E-state index is 0.288. The van der Waals surface area contributed by atoms with Crippen LogP contribution in [0.15, 0.2) is 48.7 Å². The number of carbonyl (C=O) groups is 1. The number of hydrogen-bond donors (Lipinski definition) is 3. The number of para-hydroxylation sites is 1. The first-order chi connectivity index (χ1) is 18.2. The van der Waals surface area contributed by atoms with Crippen molar-refractivity contribution in [1.29, 1.82) is 0 Å². The molecule has 0 bridgehead atoms. The van der Waals surface area contributed by atoms with Crippen molar-refractivity contribution in [1.82, 2.24) is 14.9 Å². The number of methoxy groups -OCH3 is 1. The fourth-order valence-electron chi connectivity index (χ4n) is 4.84. The Labute approximate surface area is 219 Å². The van der Waals surface area contributed by atoms with E-state index < -0.39 is 5.54 Å². The molecule has 2 aromatic heterocycles. The lowest BCUT2D eigenvalue weighted by Gasteiger charge is -2.32. The van der Waals surface area contributed by atoms with Crippen LogP contribution >= 0.6 is 0 Å². The number of aromatic nitrogens is 2. The maximum Gasteiger partial charge on any atom is 0.147 e. The number of nitrogens with zero attached hydrogens (tertiary/aromatic N) is 3. The Bertz CT molecular complexity index is 1150. The minimum atomic E-state index is -1.07. The van der Waals surface area contributed by atoms with Crippen molar-refractivity contribution in [2.45, 2.75) is 44.1 Å². The Morgan fingerprint density at radius 3 is 2.89 bits per heavy atom. The molecule has 0 amide bonds. The summed E-state index contributed by atoms with van der Waals surface area (Å²) in [5.41, 5.74) is 3.01. The molecule has 0 saturated heterocycles. The molecule has 37 heavy (non-hydrogen) atoms. The molecule has 0 saturated carbocycles. The Hall–Kier alpha value is -3.07. The minimum Gasteiger partial charge on any atom is -0.393 e. The molecule has 0 aliphatic carbocycles. The van der Waals surface area contributed by atoms with Gasteiger partial charge in [-0.15, -0.1) is 0 Å². The highest BCUT2D eigenvalue weighted by Gasteiger charge is 2.30. The van der Waals surface area contributed by atoms with E-state index in [2.05, 4.69) is 32.7 Å². The number of pyridine rings is 2. The third kappa shape index (κ3) is 7.25. The van der Waals surface area contributed by atoms with E-state index in [1.54, 1.807) is 13.3 Å². The quantitative estimate of drug-likeness (QED) is 0.212. The Balaban J connectivity index is 1.33. The summed E-state index contributed by atoms with van der Waals surface area (Å²) in [4.78, 5) is 23.8. The van der Waals surface area contributed by atoms with E-state index in [4.69, 9.17) is 9.72 Å². The third-order valence-electron chi connectivity index (χ3n) is 7.14. The summed E-state index contributed by atoms with van der Waals surface area (Å²) < 4.78 is 5.33. The van der Waals surface area contributed by atoms with Gasteiger partial charge in [0.05, 0.1) is 18.7 Å². The molecule has 1 aromatic carbocycles. The van der Waals surface area contributed by atoms with Crippen LogP contribution in [0.4, 0.5) is 11.5 Å². The molecular weight excluding hydrogens is 466 g/mol. The maximum absolute atomic E-state index is 12.3. The topological polar surface area (TPSA) is 99.6 Å². The molecule has 0 spiro atoms. The molecule has 0 fully saturated rings. The lowest BCUT2D eigenvalue weighted by atomic mass is 9.96. The van der Waals surface area contributed by atoms with Crippen molar-refractivity contribution >= 4 is 28.7 Å². The second-order valence-electron chi connectivity index (χ2n) is 9.81. The number of aldehydes is 1. The van der Waals surface area contributed by atoms with Crippen LogP contribution in [-0.4, -0.2) is 78.3 Å². The zero-order valence-corrected chi connectivity index (χ0v) is 21.8. The molecule has 0 radical (unpaired) electrons. The van der Waals surface area contributed by atoms with Gasteiger partial charge in [0.2, 0.25) is 0 Å². The molecular formula is C29H39N5O3. The molecule has 8 heteroatoms. The standard InChI is InChI=1S/C29H39N5O3/c1-37-20-19-34(17-5-4-8-24-12-11-23-7-6-15-31-28(23)32-24)18-14-29(21-35,22-36)33-27-13-16-30-26-10-3-2-9-25(26)27/h2-3,9-13,16,21,36H,4-8,14-15,17-20,22H2,1H3,(H,30,33)(H,31,32). The zero-order chi connectivity index (χ0) is 25.9. The number of carbonyl (C=O) groups excluding carboxylic acids is 1. The van der Waals surface area contributed by atoms with E-state index in [0.29, 0.717) is 19.6 Å². The first kappa shape index (κ1) is 27.0. The van der Waals surface area contributed by atoms with Crippen molar-refractivity contribution in [3.8, 4) is 0 Å². The van der Waals surface area contributed by atoms with Gasteiger partial charge in [-0.1, -0.05) is 24.3 Å². The molecule has 1 aliphatic heterocycles. The van der Waals surface area contributed by atoms with Gasteiger partial charge >= 0.3 is 0 Å². The zero-order valence-electron chi connectivity index (χ0n) is 21.8. The summed E-state index contributed by atoms with van der Waals surface area (Å²) in [5, 5.41) is 17.9. The van der Waals surface area contributed by atoms with Crippen molar-refractivity contribution in [3.63, 3.8) is 0 Å². The lowest BCUT2D eigenvalue weighted by Crippen LogP contribution is -2.47. The molecule has 198 valence electrons. The van der Waals surface area contributed by atoms with Crippen LogP contribution in [0.5, 0.6) is 0 Å². The number of rotatable bonds is 15. The average molecular weight is 506 g/mol. The van der Waals surface area contributed by atoms with Gasteiger partial charge in [0.15, 0.2) is 0 Å². The van der Waals surface area contributed by atoms with Crippen LogP contribution in [0.3, 0.4) is 0 Å². The van der Waals surface area contributed by atoms with Gasteiger partial charge in [-0.2, -0.15) is 0 Å². The number of anilines is 2. The summed E-state index contributed by atoms with van der Waals surface area (Å²) in [7, 11) is 1.70. The number of fused-ring (bicyclic) bond motifs is 2. The van der Waals surface area contributed by atoms with Crippen LogP contribution < -0.4 is 10.6 Å². The maximum atomic E-state index is 12.3. The molecule has 3 N–H and O–H groups in total. The van der Waals surface area contributed by atoms with Crippen molar-refractivity contribution in [3.05, 3.63) is 59.9 Å². The molecule has 4 rings (SSSR count). The summed E-state index contributed by atoms with van der Waals surface area (Å²) in [6.07, 6.45) is 8.31. The Kier molecular flexibility index (Phi) is 9.82. The van der Waals surface area contributed by atoms with Gasteiger partial charge in [-0.25, -0.2) is 4.98 Å². The van der Waals surface area contributed by atoms with Crippen molar-refractivity contribution in [2.24, 2.45) is 0 Å². The summed E-state index contributed by atoms with van der Waals surface area (Å²) in [6, 6.07) is 14.0. The van der Waals surface area contributed by atoms with Crippen molar-refractivity contribution < 1.29 is 14.6 Å². The van der Waals surface area contributed by atoms with E-state index in [9.17, 15) is 9.90 Å². The number of unbranched alkanes of at least 4 members (excludes halogenated alkanes) is 1. The SMILES string of the molecule is COCCN(CCCCc1ccc2c(n1)NCCC2)CCC(C=O)(CO)Nc1ccnc2ccccc12. The number of aliphatic hydroxyl groups excluding tert-OH is 1. The summed E-state index contributed by atoms with van der Waals surface area (Å²) >= 11 is 0. The molecule has 1 unspecified atom stereocenters. The number of ether oxygens (including phenoxy) is 1. The molecule has 3 heterocycles. The first-order valence-corrected chi connectivity index (χ1v) is 13.3. The summed E-state index contributed by atoms with van der Waals surface area (Å²) in [5.74, 6) is 1.05. The highest BCUT2D eigenvalue weighted by Crippen LogP contribution is 2.25. The number of aliphatic hydroxyl groups is 1. The number of nitrogens with one attached hydrogen (secondary N) is 2. The van der Waals surface area contributed by atoms with E-state index in [1.165, 1.54) is 12.0 Å². The number of hydrogen-bond acceptors (Lipinski definition) is 8.